The predicted molar refractivity (Wildman–Crippen MR) is 132 cm³/mol. The molecule has 0 amide bonds. The first-order valence-electron chi connectivity index (χ1n) is 11.2. The lowest BCUT2D eigenvalue weighted by molar-refractivity contribution is 0.843. The van der Waals surface area contributed by atoms with Gasteiger partial charge in [-0.3, -0.25) is 0 Å². The highest BCUT2D eigenvalue weighted by Crippen LogP contribution is 2.49. The van der Waals surface area contributed by atoms with E-state index < -0.39 is 0 Å². The third kappa shape index (κ3) is 3.35. The highest BCUT2D eigenvalue weighted by atomic mass is 14.9. The molecule has 1 unspecified atom stereocenters. The van der Waals surface area contributed by atoms with E-state index in [9.17, 15) is 0 Å². The van der Waals surface area contributed by atoms with Crippen LogP contribution >= 0.6 is 0 Å². The number of hydrogen-bond donors (Lipinski definition) is 1. The molecule has 1 N–H and O–H groups in total. The second kappa shape index (κ2) is 7.74. The van der Waals surface area contributed by atoms with Crippen LogP contribution < -0.4 is 5.32 Å². The van der Waals surface area contributed by atoms with Gasteiger partial charge in [-0.25, -0.2) is 0 Å². The van der Waals surface area contributed by atoms with Crippen molar-refractivity contribution in [3.8, 4) is 11.1 Å². The molecule has 31 heavy (non-hydrogen) atoms. The largest absolute Gasteiger partial charge is 0.378 e. The summed E-state index contributed by atoms with van der Waals surface area (Å²) in [5.74, 6) is 0.271. The summed E-state index contributed by atoms with van der Waals surface area (Å²) < 4.78 is 0. The maximum Gasteiger partial charge on any atom is 0.0488 e. The average molecular weight is 404 g/mol. The molecule has 4 aromatic rings. The smallest absolute Gasteiger partial charge is 0.0488 e. The molecule has 0 saturated heterocycles. The first-order valence-corrected chi connectivity index (χ1v) is 11.2. The first-order chi connectivity index (χ1) is 15.0. The van der Waals surface area contributed by atoms with Gasteiger partial charge in [0.15, 0.2) is 0 Å². The standard InChI is InChI=1S/C30H29N/c1-19-17-20(2)30(21(3)18-19)31-22(4)23-11-5-8-14-26(23)29-27-15-9-6-12-24(27)25-13-7-10-16-28(25)29/h5-18,22,29,31H,1-4H3. The van der Waals surface area contributed by atoms with Crippen molar-refractivity contribution in [2.45, 2.75) is 39.7 Å². The second-order valence-electron chi connectivity index (χ2n) is 8.88. The monoisotopic (exact) mass is 403 g/mol. The Morgan fingerprint density at radius 1 is 0.645 bits per heavy atom. The van der Waals surface area contributed by atoms with Crippen LogP contribution in [0.25, 0.3) is 11.1 Å². The van der Waals surface area contributed by atoms with Gasteiger partial charge in [-0.05, 0) is 72.2 Å². The summed E-state index contributed by atoms with van der Waals surface area (Å²) in [4.78, 5) is 0. The van der Waals surface area contributed by atoms with Crippen LogP contribution in [0, 0.1) is 20.8 Å². The fourth-order valence-electron chi connectivity index (χ4n) is 5.36. The SMILES string of the molecule is Cc1cc(C)c(NC(C)c2ccccc2C2c3ccccc3-c3ccccc32)c(C)c1. The lowest BCUT2D eigenvalue weighted by Crippen LogP contribution is -2.13. The van der Waals surface area contributed by atoms with Gasteiger partial charge in [0.2, 0.25) is 0 Å². The molecule has 1 aliphatic rings. The molecular weight excluding hydrogens is 374 g/mol. The highest BCUT2D eigenvalue weighted by Gasteiger charge is 2.31. The van der Waals surface area contributed by atoms with Crippen LogP contribution in [0.4, 0.5) is 5.69 Å². The second-order valence-corrected chi connectivity index (χ2v) is 8.88. The number of hydrogen-bond acceptors (Lipinski definition) is 1. The van der Waals surface area contributed by atoms with Crippen molar-refractivity contribution in [1.29, 1.82) is 0 Å². The van der Waals surface area contributed by atoms with E-state index in [1.807, 2.05) is 0 Å². The van der Waals surface area contributed by atoms with Crippen molar-refractivity contribution in [2.24, 2.45) is 0 Å². The van der Waals surface area contributed by atoms with E-state index in [0.29, 0.717) is 0 Å². The summed E-state index contributed by atoms with van der Waals surface area (Å²) in [7, 11) is 0. The van der Waals surface area contributed by atoms with Gasteiger partial charge in [-0.2, -0.15) is 0 Å². The molecule has 0 bridgehead atoms. The van der Waals surface area contributed by atoms with Crippen LogP contribution in [0.5, 0.6) is 0 Å². The Balaban J connectivity index is 1.60. The van der Waals surface area contributed by atoms with Crippen molar-refractivity contribution in [3.05, 3.63) is 124 Å². The summed E-state index contributed by atoms with van der Waals surface area (Å²) in [6.07, 6.45) is 0. The Labute approximate surface area is 185 Å². The Morgan fingerprint density at radius 2 is 1.13 bits per heavy atom. The molecule has 1 aliphatic carbocycles. The average Bonchev–Trinajstić information content (AvgIpc) is 3.10. The quantitative estimate of drug-likeness (QED) is 0.321. The summed E-state index contributed by atoms with van der Waals surface area (Å²) in [5, 5.41) is 3.83. The molecule has 5 rings (SSSR count). The maximum atomic E-state index is 3.83. The predicted octanol–water partition coefficient (Wildman–Crippen LogP) is 7.95. The van der Waals surface area contributed by atoms with E-state index in [0.717, 1.165) is 0 Å². The van der Waals surface area contributed by atoms with E-state index in [1.165, 1.54) is 55.8 Å². The molecule has 0 saturated carbocycles. The lowest BCUT2D eigenvalue weighted by atomic mass is 9.84. The molecule has 4 aromatic carbocycles. The number of nitrogens with one attached hydrogen (secondary N) is 1. The van der Waals surface area contributed by atoms with E-state index >= 15 is 0 Å². The fraction of sp³-hybridized carbons (Fsp3) is 0.200. The minimum absolute atomic E-state index is 0.205. The van der Waals surface area contributed by atoms with Crippen molar-refractivity contribution in [2.75, 3.05) is 5.32 Å². The molecule has 0 fully saturated rings. The van der Waals surface area contributed by atoms with Gasteiger partial charge in [0.05, 0.1) is 0 Å². The zero-order valence-corrected chi connectivity index (χ0v) is 18.7. The minimum Gasteiger partial charge on any atom is -0.378 e. The zero-order chi connectivity index (χ0) is 21.5. The summed E-state index contributed by atoms with van der Waals surface area (Å²) in [6, 6.07) is 31.4. The number of anilines is 1. The molecule has 154 valence electrons. The fourth-order valence-corrected chi connectivity index (χ4v) is 5.36. The molecule has 0 heterocycles. The summed E-state index contributed by atoms with van der Waals surface area (Å²) >= 11 is 0. The summed E-state index contributed by atoms with van der Waals surface area (Å²) in [5.41, 5.74) is 13.5. The normalized spacial score (nSPS) is 13.5. The Bertz CT molecular complexity index is 1200. The number of benzene rings is 4. The summed E-state index contributed by atoms with van der Waals surface area (Å²) in [6.45, 7) is 8.84. The Morgan fingerprint density at radius 3 is 1.71 bits per heavy atom. The number of rotatable bonds is 4. The maximum absolute atomic E-state index is 3.83. The molecular formula is C30H29N. The van der Waals surface area contributed by atoms with E-state index in [4.69, 9.17) is 0 Å². The molecule has 0 radical (unpaired) electrons. The molecule has 1 heteroatoms. The number of aryl methyl sites for hydroxylation is 3. The molecule has 0 aliphatic heterocycles. The van der Waals surface area contributed by atoms with E-state index in [-0.39, 0.29) is 12.0 Å². The van der Waals surface area contributed by atoms with E-state index in [1.54, 1.807) is 0 Å². The molecule has 1 atom stereocenters. The van der Waals surface area contributed by atoms with Crippen LogP contribution in [-0.2, 0) is 0 Å². The van der Waals surface area contributed by atoms with Gasteiger partial charge < -0.3 is 5.32 Å². The lowest BCUT2D eigenvalue weighted by Gasteiger charge is -2.25. The third-order valence-corrected chi connectivity index (χ3v) is 6.65. The van der Waals surface area contributed by atoms with Gasteiger partial charge in [-0.1, -0.05) is 90.5 Å². The minimum atomic E-state index is 0.205. The third-order valence-electron chi connectivity index (χ3n) is 6.65. The van der Waals surface area contributed by atoms with Crippen LogP contribution in [0.3, 0.4) is 0 Å². The molecule has 1 nitrogen and oxygen atoms in total. The van der Waals surface area contributed by atoms with Gasteiger partial charge in [0, 0.05) is 17.6 Å². The first kappa shape index (κ1) is 19.6. The van der Waals surface area contributed by atoms with Gasteiger partial charge in [-0.15, -0.1) is 0 Å². The van der Waals surface area contributed by atoms with Gasteiger partial charge in [0.25, 0.3) is 0 Å². The van der Waals surface area contributed by atoms with Gasteiger partial charge in [0.1, 0.15) is 0 Å². The van der Waals surface area contributed by atoms with Crippen LogP contribution in [-0.4, -0.2) is 0 Å². The van der Waals surface area contributed by atoms with Gasteiger partial charge >= 0.3 is 0 Å². The Hall–Kier alpha value is -3.32. The van der Waals surface area contributed by atoms with Crippen LogP contribution in [0.2, 0.25) is 0 Å². The van der Waals surface area contributed by atoms with E-state index in [2.05, 4.69) is 118 Å². The van der Waals surface area contributed by atoms with Crippen molar-refractivity contribution >= 4 is 5.69 Å². The van der Waals surface area contributed by atoms with Crippen molar-refractivity contribution < 1.29 is 0 Å². The topological polar surface area (TPSA) is 12.0 Å². The zero-order valence-electron chi connectivity index (χ0n) is 18.7. The van der Waals surface area contributed by atoms with Crippen LogP contribution in [0.15, 0.2) is 84.9 Å². The number of fused-ring (bicyclic) bond motifs is 3. The van der Waals surface area contributed by atoms with Crippen molar-refractivity contribution in [3.63, 3.8) is 0 Å². The Kier molecular flexibility index (Phi) is 4.90. The molecule has 0 spiro atoms. The van der Waals surface area contributed by atoms with Crippen molar-refractivity contribution in [1.82, 2.24) is 0 Å². The van der Waals surface area contributed by atoms with Crippen LogP contribution in [0.1, 0.15) is 57.8 Å². The molecule has 0 aromatic heterocycles. The highest BCUT2D eigenvalue weighted by molar-refractivity contribution is 5.81.